The molecule has 1 aliphatic rings. The number of carbonyl (C=O) groups is 1. The van der Waals surface area contributed by atoms with Gasteiger partial charge in [0, 0.05) is 48.4 Å². The van der Waals surface area contributed by atoms with Gasteiger partial charge in [-0.3, -0.25) is 9.00 Å². The van der Waals surface area contributed by atoms with Crippen LogP contribution >= 0.6 is 0 Å². The largest absolute Gasteiger partial charge is 0.455 e. The smallest absolute Gasteiger partial charge is 0.289 e. The molecule has 1 aromatic heterocycles. The summed E-state index contributed by atoms with van der Waals surface area (Å²) >= 11 is 0. The summed E-state index contributed by atoms with van der Waals surface area (Å²) in [4.78, 5) is 17.1. The first-order valence-electron chi connectivity index (χ1n) is 11.0. The Labute approximate surface area is 192 Å². The zero-order valence-corrected chi connectivity index (χ0v) is 19.8. The summed E-state index contributed by atoms with van der Waals surface area (Å²) in [6, 6.07) is 17.9. The van der Waals surface area contributed by atoms with Gasteiger partial charge in [0.15, 0.2) is 5.76 Å². The Balaban J connectivity index is 1.32. The fourth-order valence-corrected chi connectivity index (χ4v) is 5.17. The monoisotopic (exact) mass is 450 g/mol. The number of anilines is 1. The lowest BCUT2D eigenvalue weighted by Gasteiger charge is -2.36. The van der Waals surface area contributed by atoms with Crippen LogP contribution in [-0.4, -0.2) is 41.2 Å². The van der Waals surface area contributed by atoms with Crippen LogP contribution in [0.1, 0.15) is 38.6 Å². The van der Waals surface area contributed by atoms with Gasteiger partial charge in [0.1, 0.15) is 5.76 Å². The lowest BCUT2D eigenvalue weighted by Crippen LogP contribution is -2.49. The van der Waals surface area contributed by atoms with E-state index in [9.17, 15) is 9.00 Å². The van der Waals surface area contributed by atoms with Crippen LogP contribution < -0.4 is 4.90 Å². The maximum absolute atomic E-state index is 12.9. The first kappa shape index (κ1) is 22.3. The Kier molecular flexibility index (Phi) is 6.80. The molecule has 0 N–H and O–H groups in total. The number of hydrogen-bond donors (Lipinski definition) is 0. The first-order valence-corrected chi connectivity index (χ1v) is 12.5. The second-order valence-electron chi connectivity index (χ2n) is 8.48. The van der Waals surface area contributed by atoms with Crippen molar-refractivity contribution in [2.75, 3.05) is 31.1 Å². The summed E-state index contributed by atoms with van der Waals surface area (Å²) < 4.78 is 18.3. The van der Waals surface area contributed by atoms with Gasteiger partial charge in [-0.25, -0.2) is 0 Å². The minimum Gasteiger partial charge on any atom is -0.455 e. The third kappa shape index (κ3) is 5.13. The summed E-state index contributed by atoms with van der Waals surface area (Å²) in [5.74, 6) is 1.60. The SMILES string of the molecule is Cc1ccc(C[S@](=O)Cc2ccc(C(=O)N3CCN(c4cccc(C)c4C)CC3)o2)cc1. The van der Waals surface area contributed by atoms with E-state index in [1.807, 2.05) is 36.1 Å². The van der Waals surface area contributed by atoms with E-state index in [2.05, 4.69) is 36.9 Å². The number of amides is 1. The molecule has 1 fully saturated rings. The fourth-order valence-electron chi connectivity index (χ4n) is 4.03. The summed E-state index contributed by atoms with van der Waals surface area (Å²) in [5, 5.41) is 0. The molecule has 0 bridgehead atoms. The second-order valence-corrected chi connectivity index (χ2v) is 9.94. The van der Waals surface area contributed by atoms with Gasteiger partial charge in [-0.05, 0) is 55.7 Å². The molecule has 1 amide bonds. The molecule has 168 valence electrons. The highest BCUT2D eigenvalue weighted by molar-refractivity contribution is 7.83. The molecule has 0 radical (unpaired) electrons. The quantitative estimate of drug-likeness (QED) is 0.550. The Morgan fingerprint density at radius 3 is 2.34 bits per heavy atom. The molecule has 2 heterocycles. The summed E-state index contributed by atoms with van der Waals surface area (Å²) in [6.45, 7) is 9.21. The summed E-state index contributed by atoms with van der Waals surface area (Å²) in [7, 11) is -1.09. The molecule has 1 aliphatic heterocycles. The molecule has 4 rings (SSSR count). The summed E-state index contributed by atoms with van der Waals surface area (Å²) in [6.07, 6.45) is 0. The van der Waals surface area contributed by atoms with Gasteiger partial charge >= 0.3 is 0 Å². The predicted molar refractivity (Wildman–Crippen MR) is 129 cm³/mol. The highest BCUT2D eigenvalue weighted by Crippen LogP contribution is 2.24. The van der Waals surface area contributed by atoms with Crippen LogP contribution in [0.2, 0.25) is 0 Å². The van der Waals surface area contributed by atoms with Gasteiger partial charge in [0.25, 0.3) is 5.91 Å². The molecule has 6 heteroatoms. The zero-order chi connectivity index (χ0) is 22.7. The van der Waals surface area contributed by atoms with Crippen LogP contribution in [0.25, 0.3) is 0 Å². The van der Waals surface area contributed by atoms with E-state index < -0.39 is 10.8 Å². The van der Waals surface area contributed by atoms with Crippen molar-refractivity contribution in [2.45, 2.75) is 32.3 Å². The van der Waals surface area contributed by atoms with Crippen molar-refractivity contribution < 1.29 is 13.4 Å². The summed E-state index contributed by atoms with van der Waals surface area (Å²) in [5.41, 5.74) is 6.04. The maximum atomic E-state index is 12.9. The molecule has 1 saturated heterocycles. The lowest BCUT2D eigenvalue weighted by molar-refractivity contribution is 0.0713. The Morgan fingerprint density at radius 2 is 1.62 bits per heavy atom. The molecule has 32 heavy (non-hydrogen) atoms. The lowest BCUT2D eigenvalue weighted by atomic mass is 10.1. The minimum atomic E-state index is -1.09. The average molecular weight is 451 g/mol. The molecule has 0 spiro atoms. The van der Waals surface area contributed by atoms with E-state index in [1.54, 1.807) is 12.1 Å². The molecule has 1 atom stereocenters. The van der Waals surface area contributed by atoms with Crippen molar-refractivity contribution >= 4 is 22.4 Å². The van der Waals surface area contributed by atoms with Gasteiger partial charge in [0.2, 0.25) is 0 Å². The standard InChI is InChI=1S/C26H30N2O3S/c1-19-7-9-22(10-8-19)17-32(30)18-23-11-12-25(31-23)26(29)28-15-13-27(14-16-28)24-6-4-5-20(2)21(24)3/h4-12H,13-18H2,1-3H3/t32-/m0/s1. The van der Waals surface area contributed by atoms with E-state index >= 15 is 0 Å². The number of piperazine rings is 1. The Bertz CT molecular complexity index is 1110. The number of nitrogens with zero attached hydrogens (tertiary/aromatic N) is 2. The van der Waals surface area contributed by atoms with Crippen molar-refractivity contribution in [3.8, 4) is 0 Å². The molecule has 0 unspecified atom stereocenters. The van der Waals surface area contributed by atoms with E-state index in [0.29, 0.717) is 36.1 Å². The van der Waals surface area contributed by atoms with Crippen LogP contribution in [0, 0.1) is 20.8 Å². The maximum Gasteiger partial charge on any atom is 0.289 e. The molecule has 2 aromatic carbocycles. The molecule has 0 saturated carbocycles. The topological polar surface area (TPSA) is 53.8 Å². The van der Waals surface area contributed by atoms with Crippen LogP contribution in [0.5, 0.6) is 0 Å². The van der Waals surface area contributed by atoms with Crippen molar-refractivity contribution in [2.24, 2.45) is 0 Å². The van der Waals surface area contributed by atoms with Gasteiger partial charge in [-0.15, -0.1) is 0 Å². The van der Waals surface area contributed by atoms with Crippen molar-refractivity contribution in [3.05, 3.63) is 88.4 Å². The van der Waals surface area contributed by atoms with Crippen LogP contribution in [0.3, 0.4) is 0 Å². The Morgan fingerprint density at radius 1 is 0.906 bits per heavy atom. The molecular formula is C26H30N2O3S. The molecule has 3 aromatic rings. The minimum absolute atomic E-state index is 0.0961. The van der Waals surface area contributed by atoms with Crippen molar-refractivity contribution in [3.63, 3.8) is 0 Å². The van der Waals surface area contributed by atoms with E-state index in [4.69, 9.17) is 4.42 Å². The van der Waals surface area contributed by atoms with Gasteiger partial charge < -0.3 is 14.2 Å². The highest BCUT2D eigenvalue weighted by atomic mass is 32.2. The van der Waals surface area contributed by atoms with Crippen molar-refractivity contribution in [1.29, 1.82) is 0 Å². The van der Waals surface area contributed by atoms with Crippen LogP contribution in [0.4, 0.5) is 5.69 Å². The first-order chi connectivity index (χ1) is 15.4. The number of furan rings is 1. The molecule has 5 nitrogen and oxygen atoms in total. The number of benzene rings is 2. The number of aryl methyl sites for hydroxylation is 2. The third-order valence-electron chi connectivity index (χ3n) is 6.11. The number of hydrogen-bond acceptors (Lipinski definition) is 4. The Hall–Kier alpha value is -2.86. The van der Waals surface area contributed by atoms with Crippen molar-refractivity contribution in [1.82, 2.24) is 4.90 Å². The van der Waals surface area contributed by atoms with Gasteiger partial charge in [-0.1, -0.05) is 42.0 Å². The average Bonchev–Trinajstić information content (AvgIpc) is 3.25. The van der Waals surface area contributed by atoms with E-state index in [0.717, 1.165) is 18.7 Å². The predicted octanol–water partition coefficient (Wildman–Crippen LogP) is 4.62. The highest BCUT2D eigenvalue weighted by Gasteiger charge is 2.25. The third-order valence-corrected chi connectivity index (χ3v) is 7.37. The van der Waals surface area contributed by atoms with E-state index in [-0.39, 0.29) is 5.91 Å². The zero-order valence-electron chi connectivity index (χ0n) is 19.0. The van der Waals surface area contributed by atoms with Gasteiger partial charge in [-0.2, -0.15) is 0 Å². The fraction of sp³-hybridized carbons (Fsp3) is 0.346. The molecule has 0 aliphatic carbocycles. The van der Waals surface area contributed by atoms with Gasteiger partial charge in [0.05, 0.1) is 5.75 Å². The normalized spacial score (nSPS) is 15.1. The number of carbonyl (C=O) groups excluding carboxylic acids is 1. The van der Waals surface area contributed by atoms with Crippen LogP contribution in [-0.2, 0) is 22.3 Å². The van der Waals surface area contributed by atoms with E-state index in [1.165, 1.54) is 22.4 Å². The molecular weight excluding hydrogens is 420 g/mol. The van der Waals surface area contributed by atoms with Crippen LogP contribution in [0.15, 0.2) is 59.0 Å². The second kappa shape index (κ2) is 9.74. The number of rotatable bonds is 6.